The zero-order valence-corrected chi connectivity index (χ0v) is 13.5. The molecule has 0 amide bonds. The Kier molecular flexibility index (Phi) is 5.08. The number of halogens is 1. The van der Waals surface area contributed by atoms with Gasteiger partial charge < -0.3 is 5.73 Å². The fourth-order valence-electron chi connectivity index (χ4n) is 2.00. The first-order chi connectivity index (χ1) is 9.08. The molecule has 0 aliphatic rings. The number of rotatable bonds is 4. The van der Waals surface area contributed by atoms with Crippen molar-refractivity contribution in [1.82, 2.24) is 0 Å². The number of thioether (sulfide) groups is 1. The normalized spacial score (nSPS) is 14.1. The summed E-state index contributed by atoms with van der Waals surface area (Å²) in [7, 11) is 0. The van der Waals surface area contributed by atoms with Crippen molar-refractivity contribution in [2.24, 2.45) is 5.73 Å². The van der Waals surface area contributed by atoms with E-state index >= 15 is 0 Å². The highest BCUT2D eigenvalue weighted by Gasteiger charge is 2.19. The van der Waals surface area contributed by atoms with Crippen molar-refractivity contribution in [3.05, 3.63) is 64.1 Å². The topological polar surface area (TPSA) is 26.0 Å². The molecule has 2 aromatic carbocycles. The van der Waals surface area contributed by atoms with Crippen LogP contribution < -0.4 is 5.73 Å². The first-order valence-electron chi connectivity index (χ1n) is 6.31. The lowest BCUT2D eigenvalue weighted by Gasteiger charge is -2.22. The summed E-state index contributed by atoms with van der Waals surface area (Å²) in [4.78, 5) is 1.26. The summed E-state index contributed by atoms with van der Waals surface area (Å²) in [5, 5.41) is 0.248. The van der Waals surface area contributed by atoms with E-state index in [1.165, 1.54) is 16.0 Å². The molecule has 100 valence electrons. The van der Waals surface area contributed by atoms with E-state index in [9.17, 15) is 0 Å². The lowest BCUT2D eigenvalue weighted by Crippen LogP contribution is -2.22. The standard InChI is InChI=1S/C16H18BrNS/c1-11-6-5-7-13(10-11)19-16(12(2)18)14-8-3-4-9-15(14)17/h3-10,12,16H,18H2,1-2H3. The number of benzene rings is 2. The van der Waals surface area contributed by atoms with Gasteiger partial charge in [-0.15, -0.1) is 11.8 Å². The monoisotopic (exact) mass is 335 g/mol. The van der Waals surface area contributed by atoms with Crippen LogP contribution in [0.4, 0.5) is 0 Å². The average Bonchev–Trinajstić information content (AvgIpc) is 2.37. The van der Waals surface area contributed by atoms with E-state index < -0.39 is 0 Å². The molecule has 0 aliphatic heterocycles. The van der Waals surface area contributed by atoms with Crippen molar-refractivity contribution < 1.29 is 0 Å². The van der Waals surface area contributed by atoms with Gasteiger partial charge in [0, 0.05) is 15.4 Å². The third kappa shape index (κ3) is 3.85. The fraction of sp³-hybridized carbons (Fsp3) is 0.250. The van der Waals surface area contributed by atoms with Gasteiger partial charge in [0.25, 0.3) is 0 Å². The molecule has 19 heavy (non-hydrogen) atoms. The molecule has 2 aromatic rings. The molecule has 0 aromatic heterocycles. The molecule has 0 saturated carbocycles. The van der Waals surface area contributed by atoms with Gasteiger partial charge in [-0.25, -0.2) is 0 Å². The highest BCUT2D eigenvalue weighted by atomic mass is 79.9. The Labute approximate surface area is 127 Å². The minimum absolute atomic E-state index is 0.0872. The molecular formula is C16H18BrNS. The molecule has 2 unspecified atom stereocenters. The maximum atomic E-state index is 6.18. The van der Waals surface area contributed by atoms with Crippen LogP contribution in [0, 0.1) is 6.92 Å². The molecule has 2 N–H and O–H groups in total. The van der Waals surface area contributed by atoms with Crippen LogP contribution in [-0.4, -0.2) is 6.04 Å². The largest absolute Gasteiger partial charge is 0.327 e. The second-order valence-corrected chi connectivity index (χ2v) is 6.80. The quantitative estimate of drug-likeness (QED) is 0.801. The summed E-state index contributed by atoms with van der Waals surface area (Å²) < 4.78 is 1.12. The van der Waals surface area contributed by atoms with Gasteiger partial charge in [-0.05, 0) is 37.6 Å². The molecule has 0 heterocycles. The number of aryl methyl sites for hydroxylation is 1. The zero-order chi connectivity index (χ0) is 13.8. The molecule has 2 rings (SSSR count). The Morgan fingerprint density at radius 1 is 1.11 bits per heavy atom. The Balaban J connectivity index is 2.29. The molecule has 0 saturated heterocycles. The van der Waals surface area contributed by atoms with Crippen molar-refractivity contribution in [3.8, 4) is 0 Å². The van der Waals surface area contributed by atoms with E-state index in [1.54, 1.807) is 0 Å². The van der Waals surface area contributed by atoms with E-state index in [-0.39, 0.29) is 11.3 Å². The molecule has 0 fully saturated rings. The third-order valence-electron chi connectivity index (χ3n) is 2.94. The van der Waals surface area contributed by atoms with Gasteiger partial charge in [0.1, 0.15) is 0 Å². The first kappa shape index (κ1) is 14.6. The van der Waals surface area contributed by atoms with Crippen LogP contribution in [0.3, 0.4) is 0 Å². The highest BCUT2D eigenvalue weighted by molar-refractivity contribution is 9.10. The van der Waals surface area contributed by atoms with Crippen LogP contribution in [0.5, 0.6) is 0 Å². The van der Waals surface area contributed by atoms with Crippen LogP contribution in [0.25, 0.3) is 0 Å². The van der Waals surface area contributed by atoms with Crippen LogP contribution in [-0.2, 0) is 0 Å². The second kappa shape index (κ2) is 6.60. The number of nitrogens with two attached hydrogens (primary N) is 1. The fourth-order valence-corrected chi connectivity index (χ4v) is 3.93. The molecule has 0 aliphatic carbocycles. The minimum atomic E-state index is 0.0872. The predicted octanol–water partition coefficient (Wildman–Crippen LogP) is 4.94. The molecule has 2 atom stereocenters. The maximum Gasteiger partial charge on any atom is 0.0504 e. The third-order valence-corrected chi connectivity index (χ3v) is 5.13. The van der Waals surface area contributed by atoms with Gasteiger partial charge >= 0.3 is 0 Å². The summed E-state index contributed by atoms with van der Waals surface area (Å²) in [5.74, 6) is 0. The number of hydrogen-bond acceptors (Lipinski definition) is 2. The average molecular weight is 336 g/mol. The van der Waals surface area contributed by atoms with Gasteiger partial charge in [0.2, 0.25) is 0 Å². The van der Waals surface area contributed by atoms with Crippen LogP contribution in [0.15, 0.2) is 57.9 Å². The molecule has 0 radical (unpaired) electrons. The van der Waals surface area contributed by atoms with Gasteiger partial charge in [-0.2, -0.15) is 0 Å². The van der Waals surface area contributed by atoms with E-state index in [2.05, 4.69) is 72.2 Å². The van der Waals surface area contributed by atoms with Gasteiger partial charge in [0.15, 0.2) is 0 Å². The molecule has 0 spiro atoms. The maximum absolute atomic E-state index is 6.18. The van der Waals surface area contributed by atoms with E-state index in [0.29, 0.717) is 0 Å². The molecule has 0 bridgehead atoms. The van der Waals surface area contributed by atoms with E-state index in [4.69, 9.17) is 5.73 Å². The van der Waals surface area contributed by atoms with Crippen molar-refractivity contribution in [2.75, 3.05) is 0 Å². The van der Waals surface area contributed by atoms with E-state index in [0.717, 1.165) is 4.47 Å². The summed E-state index contributed by atoms with van der Waals surface area (Å²) in [6.45, 7) is 4.18. The zero-order valence-electron chi connectivity index (χ0n) is 11.1. The Morgan fingerprint density at radius 3 is 2.47 bits per heavy atom. The highest BCUT2D eigenvalue weighted by Crippen LogP contribution is 2.40. The Hall–Kier alpha value is -0.770. The van der Waals surface area contributed by atoms with Gasteiger partial charge in [-0.1, -0.05) is 51.8 Å². The first-order valence-corrected chi connectivity index (χ1v) is 7.98. The SMILES string of the molecule is Cc1cccc(SC(c2ccccc2Br)C(C)N)c1. The minimum Gasteiger partial charge on any atom is -0.327 e. The van der Waals surface area contributed by atoms with Crippen molar-refractivity contribution in [1.29, 1.82) is 0 Å². The second-order valence-electron chi connectivity index (χ2n) is 4.74. The summed E-state index contributed by atoms with van der Waals surface area (Å²) in [6.07, 6.45) is 0. The predicted molar refractivity (Wildman–Crippen MR) is 87.6 cm³/mol. The van der Waals surface area contributed by atoms with Crippen LogP contribution >= 0.6 is 27.7 Å². The summed E-state index contributed by atoms with van der Waals surface area (Å²) in [5.41, 5.74) is 8.71. The summed E-state index contributed by atoms with van der Waals surface area (Å²) in [6, 6.07) is 16.9. The van der Waals surface area contributed by atoms with Crippen LogP contribution in [0.1, 0.15) is 23.3 Å². The molecular weight excluding hydrogens is 318 g/mol. The summed E-state index contributed by atoms with van der Waals surface area (Å²) >= 11 is 5.45. The number of hydrogen-bond donors (Lipinski definition) is 1. The van der Waals surface area contributed by atoms with Crippen molar-refractivity contribution in [3.63, 3.8) is 0 Å². The van der Waals surface area contributed by atoms with Gasteiger partial charge in [0.05, 0.1) is 5.25 Å². The lowest BCUT2D eigenvalue weighted by atomic mass is 10.1. The smallest absolute Gasteiger partial charge is 0.0504 e. The van der Waals surface area contributed by atoms with Crippen molar-refractivity contribution >= 4 is 27.7 Å². The van der Waals surface area contributed by atoms with E-state index in [1.807, 2.05) is 17.8 Å². The molecule has 1 nitrogen and oxygen atoms in total. The van der Waals surface area contributed by atoms with Gasteiger partial charge in [-0.3, -0.25) is 0 Å². The Morgan fingerprint density at radius 2 is 1.84 bits per heavy atom. The lowest BCUT2D eigenvalue weighted by molar-refractivity contribution is 0.719. The Bertz CT molecular complexity index is 554. The van der Waals surface area contributed by atoms with Crippen LogP contribution in [0.2, 0.25) is 0 Å². The molecule has 3 heteroatoms. The van der Waals surface area contributed by atoms with Crippen molar-refractivity contribution in [2.45, 2.75) is 30.0 Å².